The zero-order valence-corrected chi connectivity index (χ0v) is 8.98. The summed E-state index contributed by atoms with van der Waals surface area (Å²) in [6.45, 7) is 0. The van der Waals surface area contributed by atoms with Crippen molar-refractivity contribution in [1.82, 2.24) is 0 Å². The molecule has 1 aliphatic rings. The van der Waals surface area contributed by atoms with Crippen LogP contribution >= 0.6 is 0 Å². The van der Waals surface area contributed by atoms with Gasteiger partial charge >= 0.3 is 5.97 Å². The third kappa shape index (κ3) is 2.10. The van der Waals surface area contributed by atoms with Crippen LogP contribution < -0.4 is 10.5 Å². The number of hydrogen-bond donors (Lipinski definition) is 2. The molecule has 0 spiro atoms. The quantitative estimate of drug-likeness (QED) is 0.768. The first-order valence-electron chi connectivity index (χ1n) is 5.47. The molecular formula is C12H15NO3. The molecule has 1 fully saturated rings. The summed E-state index contributed by atoms with van der Waals surface area (Å²) in [6, 6.07) is 4.86. The van der Waals surface area contributed by atoms with Gasteiger partial charge in [-0.25, -0.2) is 4.79 Å². The molecule has 1 saturated carbocycles. The molecule has 0 heterocycles. The van der Waals surface area contributed by atoms with Crippen LogP contribution in [0.1, 0.15) is 36.0 Å². The summed E-state index contributed by atoms with van der Waals surface area (Å²) in [4.78, 5) is 10.9. The average Bonchev–Trinajstić information content (AvgIpc) is 2.73. The number of hydrogen-bond acceptors (Lipinski definition) is 3. The fourth-order valence-corrected chi connectivity index (χ4v) is 2.02. The number of rotatable bonds is 3. The van der Waals surface area contributed by atoms with E-state index in [1.807, 2.05) is 0 Å². The minimum Gasteiger partial charge on any atom is -0.488 e. The summed E-state index contributed by atoms with van der Waals surface area (Å²) in [5, 5.41) is 8.92. The molecule has 0 aliphatic heterocycles. The molecule has 0 radical (unpaired) electrons. The first-order chi connectivity index (χ1) is 7.68. The van der Waals surface area contributed by atoms with Crippen molar-refractivity contribution in [2.45, 2.75) is 31.8 Å². The van der Waals surface area contributed by atoms with Crippen LogP contribution in [0.25, 0.3) is 0 Å². The zero-order valence-electron chi connectivity index (χ0n) is 8.98. The molecule has 2 rings (SSSR count). The van der Waals surface area contributed by atoms with Crippen molar-refractivity contribution >= 4 is 11.7 Å². The van der Waals surface area contributed by atoms with E-state index in [0.29, 0.717) is 5.75 Å². The van der Waals surface area contributed by atoms with Crippen LogP contribution in [0.3, 0.4) is 0 Å². The fourth-order valence-electron chi connectivity index (χ4n) is 2.02. The van der Waals surface area contributed by atoms with Crippen molar-refractivity contribution in [3.63, 3.8) is 0 Å². The number of para-hydroxylation sites is 1. The maximum atomic E-state index is 10.9. The highest BCUT2D eigenvalue weighted by atomic mass is 16.5. The zero-order chi connectivity index (χ0) is 11.5. The molecule has 0 bridgehead atoms. The third-order valence-corrected chi connectivity index (χ3v) is 2.89. The molecule has 3 N–H and O–H groups in total. The summed E-state index contributed by atoms with van der Waals surface area (Å²) >= 11 is 0. The lowest BCUT2D eigenvalue weighted by Crippen LogP contribution is -2.13. The molecule has 0 aromatic heterocycles. The van der Waals surface area contributed by atoms with Crippen LogP contribution in [-0.2, 0) is 0 Å². The van der Waals surface area contributed by atoms with Crippen LogP contribution in [0.4, 0.5) is 5.69 Å². The number of benzene rings is 1. The van der Waals surface area contributed by atoms with E-state index in [9.17, 15) is 4.79 Å². The van der Waals surface area contributed by atoms with Gasteiger partial charge in [0, 0.05) is 0 Å². The van der Waals surface area contributed by atoms with E-state index < -0.39 is 5.97 Å². The van der Waals surface area contributed by atoms with Gasteiger partial charge in [0.25, 0.3) is 0 Å². The van der Waals surface area contributed by atoms with E-state index in [1.54, 1.807) is 12.1 Å². The summed E-state index contributed by atoms with van der Waals surface area (Å²) in [5.74, 6) is -0.527. The number of nitrogens with two attached hydrogens (primary N) is 1. The van der Waals surface area contributed by atoms with Gasteiger partial charge in [0.15, 0.2) is 0 Å². The predicted molar refractivity (Wildman–Crippen MR) is 60.7 cm³/mol. The lowest BCUT2D eigenvalue weighted by Gasteiger charge is -2.15. The smallest absolute Gasteiger partial charge is 0.337 e. The Hall–Kier alpha value is -1.71. The van der Waals surface area contributed by atoms with Crippen molar-refractivity contribution in [2.75, 3.05) is 5.73 Å². The summed E-state index contributed by atoms with van der Waals surface area (Å²) in [6.07, 6.45) is 4.58. The Morgan fingerprint density at radius 2 is 2.06 bits per heavy atom. The SMILES string of the molecule is Nc1c(OC2CCCC2)cccc1C(=O)O. The van der Waals surface area contributed by atoms with Gasteiger partial charge in [0.1, 0.15) is 5.75 Å². The molecule has 0 atom stereocenters. The van der Waals surface area contributed by atoms with E-state index in [4.69, 9.17) is 15.6 Å². The average molecular weight is 221 g/mol. The summed E-state index contributed by atoms with van der Waals surface area (Å²) in [5.41, 5.74) is 6.09. The number of nitrogen functional groups attached to an aromatic ring is 1. The Balaban J connectivity index is 2.20. The molecule has 0 amide bonds. The Morgan fingerprint density at radius 1 is 1.38 bits per heavy atom. The molecule has 1 aromatic rings. The van der Waals surface area contributed by atoms with Gasteiger partial charge in [0.2, 0.25) is 0 Å². The monoisotopic (exact) mass is 221 g/mol. The van der Waals surface area contributed by atoms with E-state index >= 15 is 0 Å². The van der Waals surface area contributed by atoms with Crippen molar-refractivity contribution in [2.24, 2.45) is 0 Å². The molecule has 0 unspecified atom stereocenters. The maximum Gasteiger partial charge on any atom is 0.337 e. The number of carboxylic acids is 1. The van der Waals surface area contributed by atoms with Gasteiger partial charge < -0.3 is 15.6 Å². The van der Waals surface area contributed by atoms with Crippen LogP contribution in [0.5, 0.6) is 5.75 Å². The Kier molecular flexibility index (Phi) is 2.99. The van der Waals surface area contributed by atoms with Crippen molar-refractivity contribution < 1.29 is 14.6 Å². The van der Waals surface area contributed by atoms with Gasteiger partial charge in [-0.1, -0.05) is 6.07 Å². The standard InChI is InChI=1S/C12H15NO3/c13-11-9(12(14)15)6-3-7-10(11)16-8-4-1-2-5-8/h3,6-8H,1-2,4-5,13H2,(H,14,15). The van der Waals surface area contributed by atoms with Gasteiger partial charge in [-0.15, -0.1) is 0 Å². The first kappa shape index (κ1) is 10.8. The van der Waals surface area contributed by atoms with E-state index in [1.165, 1.54) is 18.9 Å². The van der Waals surface area contributed by atoms with Crippen molar-refractivity contribution in [3.05, 3.63) is 23.8 Å². The molecule has 16 heavy (non-hydrogen) atoms. The molecule has 0 saturated heterocycles. The van der Waals surface area contributed by atoms with Crippen LogP contribution in [-0.4, -0.2) is 17.2 Å². The van der Waals surface area contributed by atoms with Crippen molar-refractivity contribution in [1.29, 1.82) is 0 Å². The van der Waals surface area contributed by atoms with E-state index in [2.05, 4.69) is 0 Å². The Labute approximate surface area is 94.0 Å². The fraction of sp³-hybridized carbons (Fsp3) is 0.417. The third-order valence-electron chi connectivity index (χ3n) is 2.89. The van der Waals surface area contributed by atoms with Gasteiger partial charge in [-0.05, 0) is 37.8 Å². The molecule has 86 valence electrons. The minimum atomic E-state index is -1.02. The molecule has 1 aromatic carbocycles. The van der Waals surface area contributed by atoms with Gasteiger partial charge in [-0.2, -0.15) is 0 Å². The highest BCUT2D eigenvalue weighted by Gasteiger charge is 2.19. The Bertz CT molecular complexity index is 397. The number of anilines is 1. The maximum absolute atomic E-state index is 10.9. The topological polar surface area (TPSA) is 72.5 Å². The number of carbonyl (C=O) groups is 1. The number of ether oxygens (including phenoxy) is 1. The lowest BCUT2D eigenvalue weighted by molar-refractivity contribution is 0.0697. The van der Waals surface area contributed by atoms with Crippen LogP contribution in [0.2, 0.25) is 0 Å². The van der Waals surface area contributed by atoms with E-state index in [-0.39, 0.29) is 17.4 Å². The summed E-state index contributed by atoms with van der Waals surface area (Å²) in [7, 11) is 0. The highest BCUT2D eigenvalue weighted by Crippen LogP contribution is 2.30. The van der Waals surface area contributed by atoms with Crippen molar-refractivity contribution in [3.8, 4) is 5.75 Å². The largest absolute Gasteiger partial charge is 0.488 e. The van der Waals surface area contributed by atoms with E-state index in [0.717, 1.165) is 12.8 Å². The number of aromatic carboxylic acids is 1. The predicted octanol–water partition coefficient (Wildman–Crippen LogP) is 2.29. The molecule has 1 aliphatic carbocycles. The second-order valence-corrected chi connectivity index (χ2v) is 4.05. The second-order valence-electron chi connectivity index (χ2n) is 4.05. The normalized spacial score (nSPS) is 16.2. The van der Waals surface area contributed by atoms with Gasteiger partial charge in [0.05, 0.1) is 17.4 Å². The van der Waals surface area contributed by atoms with Crippen LogP contribution in [0.15, 0.2) is 18.2 Å². The highest BCUT2D eigenvalue weighted by molar-refractivity contribution is 5.95. The second kappa shape index (κ2) is 4.43. The number of carboxylic acid groups (broad SMARTS) is 1. The van der Waals surface area contributed by atoms with Crippen LogP contribution in [0, 0.1) is 0 Å². The Morgan fingerprint density at radius 3 is 2.69 bits per heavy atom. The minimum absolute atomic E-state index is 0.107. The molecular weight excluding hydrogens is 206 g/mol. The lowest BCUT2D eigenvalue weighted by atomic mass is 10.1. The summed E-state index contributed by atoms with van der Waals surface area (Å²) < 4.78 is 5.71. The molecule has 4 nitrogen and oxygen atoms in total. The first-order valence-corrected chi connectivity index (χ1v) is 5.47. The molecule has 4 heteroatoms. The van der Waals surface area contributed by atoms with Gasteiger partial charge in [-0.3, -0.25) is 0 Å².